The number of hydrogen-bond donors (Lipinski definition) is 1. The zero-order valence-electron chi connectivity index (χ0n) is 17.2. The van der Waals surface area contributed by atoms with Gasteiger partial charge in [0.15, 0.2) is 0 Å². The zero-order chi connectivity index (χ0) is 21.3. The molecule has 0 unspecified atom stereocenters. The minimum absolute atomic E-state index is 0.0227. The molecule has 8 heteroatoms. The number of morpholine rings is 1. The number of ether oxygens (including phenoxy) is 1. The smallest absolute Gasteiger partial charge is 0.266 e. The number of pyridine rings is 1. The Labute approximate surface area is 179 Å². The van der Waals surface area contributed by atoms with E-state index in [0.29, 0.717) is 35.8 Å². The number of fused-ring (bicyclic) bond motifs is 1. The van der Waals surface area contributed by atoms with Gasteiger partial charge in [0.05, 0.1) is 41.1 Å². The van der Waals surface area contributed by atoms with Crippen molar-refractivity contribution in [2.75, 3.05) is 19.7 Å². The quantitative estimate of drug-likeness (QED) is 0.694. The van der Waals surface area contributed by atoms with Crippen molar-refractivity contribution in [3.05, 3.63) is 57.7 Å². The molecule has 1 atom stereocenters. The van der Waals surface area contributed by atoms with Gasteiger partial charge in [-0.15, -0.1) is 11.3 Å². The number of aryl methyl sites for hydroxylation is 1. The Hall–Kier alpha value is -2.84. The van der Waals surface area contributed by atoms with Crippen LogP contribution in [0, 0.1) is 6.92 Å². The largest absolute Gasteiger partial charge is 0.368 e. The molecule has 1 fully saturated rings. The van der Waals surface area contributed by atoms with Gasteiger partial charge in [-0.1, -0.05) is 18.2 Å². The first-order valence-corrected chi connectivity index (χ1v) is 10.8. The lowest BCUT2D eigenvalue weighted by Gasteiger charge is -2.32. The van der Waals surface area contributed by atoms with Crippen molar-refractivity contribution < 1.29 is 14.3 Å². The lowest BCUT2D eigenvalue weighted by Crippen LogP contribution is -2.42. The van der Waals surface area contributed by atoms with Gasteiger partial charge in [0, 0.05) is 18.0 Å². The summed E-state index contributed by atoms with van der Waals surface area (Å²) in [4.78, 5) is 37.1. The maximum absolute atomic E-state index is 12.9. The molecule has 7 nitrogen and oxygen atoms in total. The number of nitrogens with one attached hydrogen (secondary N) is 1. The fourth-order valence-corrected chi connectivity index (χ4v) is 4.32. The first-order valence-electron chi connectivity index (χ1n) is 9.95. The Bertz CT molecular complexity index is 1090. The molecule has 2 amide bonds. The fraction of sp³-hybridized carbons (Fsp3) is 0.364. The second-order valence-corrected chi connectivity index (χ2v) is 8.47. The third kappa shape index (κ3) is 4.06. The van der Waals surface area contributed by atoms with Gasteiger partial charge in [0.2, 0.25) is 0 Å². The summed E-state index contributed by atoms with van der Waals surface area (Å²) in [6.07, 6.45) is -0.397. The lowest BCUT2D eigenvalue weighted by molar-refractivity contribution is -0.0244. The van der Waals surface area contributed by atoms with E-state index in [2.05, 4.69) is 10.3 Å². The van der Waals surface area contributed by atoms with Gasteiger partial charge in [-0.25, -0.2) is 9.97 Å². The van der Waals surface area contributed by atoms with Crippen LogP contribution in [0.3, 0.4) is 0 Å². The molecule has 3 aromatic rings. The normalized spacial score (nSPS) is 16.8. The summed E-state index contributed by atoms with van der Waals surface area (Å²) in [5, 5.41) is 3.75. The molecule has 0 aliphatic carbocycles. The molecule has 0 spiro atoms. The third-order valence-corrected chi connectivity index (χ3v) is 5.94. The molecule has 0 radical (unpaired) electrons. The van der Waals surface area contributed by atoms with E-state index >= 15 is 0 Å². The van der Waals surface area contributed by atoms with Crippen LogP contribution in [0.25, 0.3) is 10.9 Å². The summed E-state index contributed by atoms with van der Waals surface area (Å²) in [6.45, 7) is 7.00. The van der Waals surface area contributed by atoms with Crippen LogP contribution in [0.15, 0.2) is 35.8 Å². The highest BCUT2D eigenvalue weighted by atomic mass is 32.1. The summed E-state index contributed by atoms with van der Waals surface area (Å²) >= 11 is 1.35. The minimum Gasteiger partial charge on any atom is -0.368 e. The van der Waals surface area contributed by atoms with E-state index in [1.54, 1.807) is 16.5 Å². The number of aromatic nitrogens is 2. The highest BCUT2D eigenvalue weighted by Crippen LogP contribution is 2.27. The lowest BCUT2D eigenvalue weighted by atomic mass is 10.0. The highest BCUT2D eigenvalue weighted by molar-refractivity contribution is 7.11. The minimum atomic E-state index is -0.397. The topological polar surface area (TPSA) is 84.4 Å². The highest BCUT2D eigenvalue weighted by Gasteiger charge is 2.29. The number of carbonyl (C=O) groups excluding carboxylic acids is 2. The Morgan fingerprint density at radius 3 is 2.83 bits per heavy atom. The van der Waals surface area contributed by atoms with E-state index < -0.39 is 6.10 Å². The van der Waals surface area contributed by atoms with Gasteiger partial charge in [-0.2, -0.15) is 0 Å². The van der Waals surface area contributed by atoms with E-state index in [1.807, 2.05) is 45.0 Å². The van der Waals surface area contributed by atoms with Crippen LogP contribution in [0.4, 0.5) is 0 Å². The number of nitrogens with zero attached hydrogens (tertiary/aromatic N) is 3. The second-order valence-electron chi connectivity index (χ2n) is 7.62. The summed E-state index contributed by atoms with van der Waals surface area (Å²) in [7, 11) is 0. The second kappa shape index (κ2) is 8.49. The summed E-state index contributed by atoms with van der Waals surface area (Å²) in [6, 6.07) is 9.38. The number of thiazole rings is 1. The number of benzene rings is 1. The molecule has 1 aliphatic heterocycles. The van der Waals surface area contributed by atoms with Crippen molar-refractivity contribution in [2.24, 2.45) is 0 Å². The predicted octanol–water partition coefficient (Wildman–Crippen LogP) is 3.35. The molecule has 2 aromatic heterocycles. The summed E-state index contributed by atoms with van der Waals surface area (Å²) < 4.78 is 5.96. The van der Waals surface area contributed by atoms with Gasteiger partial charge in [0.1, 0.15) is 11.0 Å². The van der Waals surface area contributed by atoms with Crippen LogP contribution in [0.1, 0.15) is 51.4 Å². The maximum Gasteiger partial charge on any atom is 0.266 e. The Balaban J connectivity index is 1.66. The molecule has 0 bridgehead atoms. The zero-order valence-corrected chi connectivity index (χ0v) is 18.0. The molecular formula is C22H24N4O3S. The van der Waals surface area contributed by atoms with Crippen LogP contribution in [-0.4, -0.2) is 52.4 Å². The van der Waals surface area contributed by atoms with Crippen molar-refractivity contribution in [3.63, 3.8) is 0 Å². The van der Waals surface area contributed by atoms with Gasteiger partial charge >= 0.3 is 0 Å². The van der Waals surface area contributed by atoms with Crippen molar-refractivity contribution in [1.29, 1.82) is 0 Å². The van der Waals surface area contributed by atoms with Gasteiger partial charge in [-0.3, -0.25) is 9.59 Å². The van der Waals surface area contributed by atoms with Crippen molar-refractivity contribution in [1.82, 2.24) is 20.2 Å². The standard InChI is InChI=1S/C22H24N4O3S/c1-13(2)24-21(27)16-10-18(25-17-7-5-4-6-15(16)17)19-11-26(8-9-29-19)22(28)20-14(3)23-12-30-20/h4-7,10,12-13,19H,8-9,11H2,1-3H3,(H,24,27)/t19-/m1/s1. The SMILES string of the molecule is Cc1ncsc1C(=O)N1CCO[C@@H](c2cc(C(=O)NC(C)C)c3ccccc3n2)C1. The number of rotatable bonds is 4. The third-order valence-electron chi connectivity index (χ3n) is 5.02. The van der Waals surface area contributed by atoms with Gasteiger partial charge in [0.25, 0.3) is 11.8 Å². The van der Waals surface area contributed by atoms with Gasteiger partial charge < -0.3 is 15.0 Å². The number of hydrogen-bond acceptors (Lipinski definition) is 6. The molecule has 1 aliphatic rings. The molecule has 1 aromatic carbocycles. The average Bonchev–Trinajstić information content (AvgIpc) is 3.17. The van der Waals surface area contributed by atoms with Crippen LogP contribution < -0.4 is 5.32 Å². The molecule has 1 N–H and O–H groups in total. The Kier molecular flexibility index (Phi) is 5.78. The van der Waals surface area contributed by atoms with Crippen LogP contribution in [0.5, 0.6) is 0 Å². The number of carbonyl (C=O) groups is 2. The molecule has 4 rings (SSSR count). The fourth-order valence-electron chi connectivity index (χ4n) is 3.55. The predicted molar refractivity (Wildman–Crippen MR) is 116 cm³/mol. The van der Waals surface area contributed by atoms with E-state index in [-0.39, 0.29) is 17.9 Å². The van der Waals surface area contributed by atoms with Crippen LogP contribution in [-0.2, 0) is 4.74 Å². The first kappa shape index (κ1) is 20.4. The molecule has 156 valence electrons. The average molecular weight is 425 g/mol. The summed E-state index contributed by atoms with van der Waals surface area (Å²) in [5.41, 5.74) is 4.37. The Morgan fingerprint density at radius 1 is 1.30 bits per heavy atom. The van der Waals surface area contributed by atoms with E-state index in [0.717, 1.165) is 16.6 Å². The molecular weight excluding hydrogens is 400 g/mol. The van der Waals surface area contributed by atoms with Crippen LogP contribution >= 0.6 is 11.3 Å². The van der Waals surface area contributed by atoms with E-state index in [1.165, 1.54) is 11.3 Å². The van der Waals surface area contributed by atoms with Crippen molar-refractivity contribution in [2.45, 2.75) is 32.9 Å². The maximum atomic E-state index is 12.9. The molecule has 30 heavy (non-hydrogen) atoms. The molecule has 1 saturated heterocycles. The first-order chi connectivity index (χ1) is 14.4. The van der Waals surface area contributed by atoms with Crippen molar-refractivity contribution in [3.8, 4) is 0 Å². The number of amides is 2. The molecule has 3 heterocycles. The monoisotopic (exact) mass is 424 g/mol. The van der Waals surface area contributed by atoms with Gasteiger partial charge in [-0.05, 0) is 32.9 Å². The Morgan fingerprint density at radius 2 is 2.10 bits per heavy atom. The van der Waals surface area contributed by atoms with E-state index in [4.69, 9.17) is 9.72 Å². The summed E-state index contributed by atoms with van der Waals surface area (Å²) in [5.74, 6) is -0.184. The van der Waals surface area contributed by atoms with E-state index in [9.17, 15) is 9.59 Å². The molecule has 0 saturated carbocycles. The van der Waals surface area contributed by atoms with Crippen molar-refractivity contribution >= 4 is 34.1 Å². The number of para-hydroxylation sites is 1. The van der Waals surface area contributed by atoms with Crippen LogP contribution in [0.2, 0.25) is 0 Å².